The van der Waals surface area contributed by atoms with Gasteiger partial charge in [0.05, 0.1) is 17.6 Å². The van der Waals surface area contributed by atoms with Crippen molar-refractivity contribution < 1.29 is 0 Å². The van der Waals surface area contributed by atoms with E-state index in [0.717, 1.165) is 22.6 Å². The van der Waals surface area contributed by atoms with E-state index >= 15 is 0 Å². The Balaban J connectivity index is 1.52. The third-order valence-corrected chi connectivity index (χ3v) is 7.51. The van der Waals surface area contributed by atoms with Gasteiger partial charge in [-0.1, -0.05) is 60.7 Å². The predicted octanol–water partition coefficient (Wildman–Crippen LogP) is 8.46. The Labute approximate surface area is 228 Å². The van der Waals surface area contributed by atoms with Gasteiger partial charge in [-0.15, -0.1) is 0 Å². The van der Waals surface area contributed by atoms with Crippen molar-refractivity contribution >= 4 is 28.4 Å². The van der Waals surface area contributed by atoms with Gasteiger partial charge < -0.3 is 4.90 Å². The summed E-state index contributed by atoms with van der Waals surface area (Å²) in [4.78, 5) is 20.4. The highest BCUT2D eigenvalue weighted by atomic mass is 15.1. The van der Waals surface area contributed by atoms with Crippen LogP contribution in [0.5, 0.6) is 0 Å². The highest BCUT2D eigenvalue weighted by Gasteiger charge is 2.23. The summed E-state index contributed by atoms with van der Waals surface area (Å²) in [6.45, 7) is 8.74. The Bertz CT molecular complexity index is 1750. The van der Waals surface area contributed by atoms with E-state index in [2.05, 4.69) is 126 Å². The fraction of sp³-hybridized carbons (Fsp3) is 0.118. The Morgan fingerprint density at radius 3 is 1.69 bits per heavy atom. The quantitative estimate of drug-likeness (QED) is 0.234. The summed E-state index contributed by atoms with van der Waals surface area (Å²) in [5.74, 6) is 0. The number of nitrogens with zero attached hydrogens (tertiary/aromatic N) is 5. The molecule has 0 N–H and O–H groups in total. The van der Waals surface area contributed by atoms with Gasteiger partial charge in [0.25, 0.3) is 0 Å². The molecule has 4 aromatic carbocycles. The number of fused-ring (bicyclic) bond motifs is 1. The number of hydrogen-bond acceptors (Lipinski definition) is 5. The lowest BCUT2D eigenvalue weighted by molar-refractivity contribution is 1.13. The molecule has 0 spiro atoms. The number of para-hydroxylation sites is 1. The van der Waals surface area contributed by atoms with Crippen LogP contribution in [0.15, 0.2) is 104 Å². The maximum absolute atomic E-state index is 4.83. The van der Waals surface area contributed by atoms with Crippen LogP contribution in [0.2, 0.25) is 0 Å². The lowest BCUT2D eigenvalue weighted by Gasteiger charge is -2.31. The summed E-state index contributed by atoms with van der Waals surface area (Å²) < 4.78 is 0. The summed E-state index contributed by atoms with van der Waals surface area (Å²) in [5.41, 5.74) is 13.6. The molecular weight excluding hydrogens is 478 g/mol. The lowest BCUT2D eigenvalue weighted by atomic mass is 9.89. The van der Waals surface area contributed by atoms with E-state index in [4.69, 9.17) is 4.98 Å². The Kier molecular flexibility index (Phi) is 6.33. The molecule has 0 aliphatic rings. The monoisotopic (exact) mass is 507 g/mol. The van der Waals surface area contributed by atoms with Gasteiger partial charge in [-0.25, -0.2) is 19.9 Å². The molecule has 0 bridgehead atoms. The van der Waals surface area contributed by atoms with E-state index in [1.807, 2.05) is 12.3 Å². The fourth-order valence-electron chi connectivity index (χ4n) is 5.31. The third kappa shape index (κ3) is 4.42. The van der Waals surface area contributed by atoms with E-state index in [-0.39, 0.29) is 0 Å². The van der Waals surface area contributed by atoms with E-state index in [0.29, 0.717) is 11.3 Å². The Hall–Kier alpha value is -4.90. The van der Waals surface area contributed by atoms with Crippen molar-refractivity contribution in [2.45, 2.75) is 27.7 Å². The molecule has 39 heavy (non-hydrogen) atoms. The van der Waals surface area contributed by atoms with Crippen molar-refractivity contribution in [3.8, 4) is 22.4 Å². The van der Waals surface area contributed by atoms with Gasteiger partial charge in [0, 0.05) is 29.3 Å². The van der Waals surface area contributed by atoms with Crippen LogP contribution in [0.1, 0.15) is 22.3 Å². The van der Waals surface area contributed by atoms with Crippen molar-refractivity contribution in [2.24, 2.45) is 0 Å². The summed E-state index contributed by atoms with van der Waals surface area (Å²) >= 11 is 0. The van der Waals surface area contributed by atoms with Gasteiger partial charge in [0.1, 0.15) is 0 Å². The van der Waals surface area contributed by atoms with Gasteiger partial charge in [-0.2, -0.15) is 0 Å². The van der Waals surface area contributed by atoms with E-state index in [1.165, 1.54) is 39.1 Å². The molecular formula is C34H29N5. The molecule has 6 rings (SSSR count). The Morgan fingerprint density at radius 1 is 0.513 bits per heavy atom. The molecule has 0 unspecified atom stereocenters. The van der Waals surface area contributed by atoms with E-state index in [9.17, 15) is 0 Å². The van der Waals surface area contributed by atoms with Crippen LogP contribution in [0.4, 0.5) is 17.1 Å². The SMILES string of the molecule is Cc1c(C)c(N(c2ccccc2)c2ccc(-c3ccccc3)cc2)c(C)c(C)c1-c1cnc2nccnc2n1. The second-order valence-corrected chi connectivity index (χ2v) is 9.77. The number of hydrogen-bond donors (Lipinski definition) is 0. The van der Waals surface area contributed by atoms with Crippen LogP contribution in [-0.2, 0) is 0 Å². The maximum Gasteiger partial charge on any atom is 0.198 e. The molecule has 2 aromatic heterocycles. The predicted molar refractivity (Wildman–Crippen MR) is 160 cm³/mol. The zero-order chi connectivity index (χ0) is 26.9. The maximum atomic E-state index is 4.83. The molecule has 2 heterocycles. The van der Waals surface area contributed by atoms with Gasteiger partial charge in [-0.05, 0) is 85.3 Å². The van der Waals surface area contributed by atoms with E-state index < -0.39 is 0 Å². The van der Waals surface area contributed by atoms with Crippen LogP contribution >= 0.6 is 0 Å². The molecule has 5 heteroatoms. The summed E-state index contributed by atoms with van der Waals surface area (Å²) in [5, 5.41) is 0. The summed E-state index contributed by atoms with van der Waals surface area (Å²) in [7, 11) is 0. The molecule has 0 radical (unpaired) electrons. The zero-order valence-corrected chi connectivity index (χ0v) is 22.6. The second kappa shape index (κ2) is 10.1. The minimum atomic E-state index is 0.552. The first-order valence-corrected chi connectivity index (χ1v) is 13.1. The van der Waals surface area contributed by atoms with Gasteiger partial charge in [-0.3, -0.25) is 0 Å². The first-order chi connectivity index (χ1) is 19.0. The Morgan fingerprint density at radius 2 is 1.05 bits per heavy atom. The van der Waals surface area contributed by atoms with Crippen LogP contribution in [0, 0.1) is 27.7 Å². The fourth-order valence-corrected chi connectivity index (χ4v) is 5.31. The molecule has 190 valence electrons. The molecule has 0 atom stereocenters. The molecule has 0 aliphatic heterocycles. The molecule has 0 saturated carbocycles. The van der Waals surface area contributed by atoms with Crippen molar-refractivity contribution in [1.29, 1.82) is 0 Å². The third-order valence-electron chi connectivity index (χ3n) is 7.51. The van der Waals surface area contributed by atoms with Crippen LogP contribution in [0.25, 0.3) is 33.7 Å². The molecule has 0 amide bonds. The summed E-state index contributed by atoms with van der Waals surface area (Å²) in [6.07, 6.45) is 5.10. The highest BCUT2D eigenvalue weighted by molar-refractivity contribution is 5.87. The lowest BCUT2D eigenvalue weighted by Crippen LogP contribution is -2.15. The first kappa shape index (κ1) is 24.4. The average molecular weight is 508 g/mol. The number of aromatic nitrogens is 4. The minimum absolute atomic E-state index is 0.552. The highest BCUT2D eigenvalue weighted by Crippen LogP contribution is 2.44. The van der Waals surface area contributed by atoms with Crippen LogP contribution < -0.4 is 4.90 Å². The molecule has 5 nitrogen and oxygen atoms in total. The minimum Gasteiger partial charge on any atom is -0.310 e. The van der Waals surface area contributed by atoms with Crippen LogP contribution in [-0.4, -0.2) is 19.9 Å². The molecule has 0 fully saturated rings. The van der Waals surface area contributed by atoms with Crippen molar-refractivity contribution in [3.63, 3.8) is 0 Å². The number of anilines is 3. The van der Waals surface area contributed by atoms with Gasteiger partial charge in [0.15, 0.2) is 11.3 Å². The van der Waals surface area contributed by atoms with Crippen molar-refractivity contribution in [3.05, 3.63) is 126 Å². The number of benzene rings is 4. The molecule has 0 aliphatic carbocycles. The molecule has 0 saturated heterocycles. The topological polar surface area (TPSA) is 54.8 Å². The summed E-state index contributed by atoms with van der Waals surface area (Å²) in [6, 6.07) is 29.9. The van der Waals surface area contributed by atoms with E-state index in [1.54, 1.807) is 12.4 Å². The van der Waals surface area contributed by atoms with Crippen LogP contribution in [0.3, 0.4) is 0 Å². The normalized spacial score (nSPS) is 11.1. The van der Waals surface area contributed by atoms with Crippen molar-refractivity contribution in [1.82, 2.24) is 19.9 Å². The van der Waals surface area contributed by atoms with Gasteiger partial charge >= 0.3 is 0 Å². The van der Waals surface area contributed by atoms with Crippen molar-refractivity contribution in [2.75, 3.05) is 4.90 Å². The molecule has 6 aromatic rings. The smallest absolute Gasteiger partial charge is 0.198 e. The second-order valence-electron chi connectivity index (χ2n) is 9.77. The zero-order valence-electron chi connectivity index (χ0n) is 22.6. The first-order valence-electron chi connectivity index (χ1n) is 13.1. The average Bonchev–Trinajstić information content (AvgIpc) is 2.99. The number of rotatable bonds is 5. The van der Waals surface area contributed by atoms with Gasteiger partial charge in [0.2, 0.25) is 0 Å². The standard InChI is InChI=1S/C34H29N5/c1-22-24(3)32(25(4)23(2)31(22)30-21-37-33-34(38-30)36-20-19-35-33)39(28-13-9-6-10-14-28)29-17-15-27(16-18-29)26-11-7-5-8-12-26/h5-21H,1-4H3. The largest absolute Gasteiger partial charge is 0.310 e.